The average Bonchev–Trinajstić information content (AvgIpc) is 3.02. The minimum Gasteiger partial charge on any atom is -0.289 e. The zero-order valence-electron chi connectivity index (χ0n) is 14.6. The Morgan fingerprint density at radius 1 is 1.08 bits per heavy atom. The van der Waals surface area contributed by atoms with Gasteiger partial charge in [0.05, 0.1) is 5.56 Å². The molecule has 0 aliphatic carbocycles. The van der Waals surface area contributed by atoms with Gasteiger partial charge >= 0.3 is 0 Å². The smallest absolute Gasteiger partial charge is 0.261 e. The van der Waals surface area contributed by atoms with Crippen LogP contribution in [0.2, 0.25) is 0 Å². The first-order valence-corrected chi connectivity index (χ1v) is 8.04. The Kier molecular flexibility index (Phi) is 4.54. The molecule has 0 saturated heterocycles. The van der Waals surface area contributed by atoms with Crippen LogP contribution in [0.15, 0.2) is 42.5 Å². The number of benzene rings is 2. The predicted molar refractivity (Wildman–Crippen MR) is 94.8 cm³/mol. The van der Waals surface area contributed by atoms with Gasteiger partial charge in [0.25, 0.3) is 5.91 Å². The highest BCUT2D eigenvalue weighted by atomic mass is 19.1. The average molecular weight is 356 g/mol. The Bertz CT molecular complexity index is 943. The molecule has 0 fully saturated rings. The van der Waals surface area contributed by atoms with Crippen molar-refractivity contribution in [3.05, 3.63) is 65.2 Å². The van der Waals surface area contributed by atoms with Crippen molar-refractivity contribution in [3.8, 4) is 11.4 Å². The standard InChI is InChI=1S/C19H18F2N4O/c1-19(2,3)12-6-4-11(5-7-12)16-22-18(25-24-16)23-17(26)14-9-8-13(20)10-15(14)21/h4-10H,1-3H3,(H2,22,23,24,25,26). The lowest BCUT2D eigenvalue weighted by atomic mass is 9.87. The number of halogens is 2. The van der Waals surface area contributed by atoms with E-state index in [-0.39, 0.29) is 16.9 Å². The highest BCUT2D eigenvalue weighted by molar-refractivity contribution is 6.03. The summed E-state index contributed by atoms with van der Waals surface area (Å²) < 4.78 is 26.6. The van der Waals surface area contributed by atoms with Crippen LogP contribution in [0.3, 0.4) is 0 Å². The molecule has 134 valence electrons. The van der Waals surface area contributed by atoms with Gasteiger partial charge in [-0.15, -0.1) is 5.10 Å². The molecule has 0 spiro atoms. The molecule has 0 aliphatic rings. The summed E-state index contributed by atoms with van der Waals surface area (Å²) in [4.78, 5) is 16.3. The van der Waals surface area contributed by atoms with E-state index < -0.39 is 17.5 Å². The summed E-state index contributed by atoms with van der Waals surface area (Å²) in [5, 5.41) is 9.03. The molecule has 26 heavy (non-hydrogen) atoms. The van der Waals surface area contributed by atoms with Gasteiger partial charge < -0.3 is 0 Å². The fourth-order valence-corrected chi connectivity index (χ4v) is 2.42. The van der Waals surface area contributed by atoms with Crippen molar-refractivity contribution in [3.63, 3.8) is 0 Å². The third-order valence-corrected chi connectivity index (χ3v) is 3.91. The molecule has 2 aromatic carbocycles. The van der Waals surface area contributed by atoms with Crippen LogP contribution in [-0.4, -0.2) is 21.1 Å². The fourth-order valence-electron chi connectivity index (χ4n) is 2.42. The molecule has 1 heterocycles. The van der Waals surface area contributed by atoms with Gasteiger partial charge in [0.2, 0.25) is 5.95 Å². The summed E-state index contributed by atoms with van der Waals surface area (Å²) in [5.74, 6) is -1.97. The number of aromatic nitrogens is 3. The van der Waals surface area contributed by atoms with Gasteiger partial charge in [0, 0.05) is 11.6 Å². The van der Waals surface area contributed by atoms with Crippen LogP contribution in [0.25, 0.3) is 11.4 Å². The monoisotopic (exact) mass is 356 g/mol. The Hall–Kier alpha value is -3.09. The lowest BCUT2D eigenvalue weighted by Gasteiger charge is -2.18. The van der Waals surface area contributed by atoms with E-state index in [0.29, 0.717) is 11.9 Å². The summed E-state index contributed by atoms with van der Waals surface area (Å²) in [6.45, 7) is 6.37. The van der Waals surface area contributed by atoms with E-state index in [9.17, 15) is 13.6 Å². The first kappa shape index (κ1) is 17.7. The normalized spacial score (nSPS) is 11.4. The number of carbonyl (C=O) groups is 1. The SMILES string of the molecule is CC(C)(C)c1ccc(-c2nc(NC(=O)c3ccc(F)cc3F)n[nH]2)cc1. The zero-order valence-corrected chi connectivity index (χ0v) is 14.6. The summed E-state index contributed by atoms with van der Waals surface area (Å²) >= 11 is 0. The van der Waals surface area contributed by atoms with Crippen LogP contribution in [0.5, 0.6) is 0 Å². The molecule has 1 aromatic heterocycles. The Morgan fingerprint density at radius 3 is 2.38 bits per heavy atom. The van der Waals surface area contributed by atoms with Crippen LogP contribution in [0.4, 0.5) is 14.7 Å². The number of amides is 1. The Labute approximate surface area is 149 Å². The van der Waals surface area contributed by atoms with E-state index in [0.717, 1.165) is 17.7 Å². The molecule has 7 heteroatoms. The van der Waals surface area contributed by atoms with Crippen LogP contribution in [0.1, 0.15) is 36.7 Å². The Morgan fingerprint density at radius 2 is 1.77 bits per heavy atom. The van der Waals surface area contributed by atoms with Gasteiger partial charge in [-0.3, -0.25) is 15.2 Å². The van der Waals surface area contributed by atoms with Crippen molar-refractivity contribution in [2.24, 2.45) is 0 Å². The number of nitrogens with one attached hydrogen (secondary N) is 2. The van der Waals surface area contributed by atoms with Crippen molar-refractivity contribution in [1.82, 2.24) is 15.2 Å². The van der Waals surface area contributed by atoms with Crippen molar-refractivity contribution in [2.75, 3.05) is 5.32 Å². The molecule has 0 saturated carbocycles. The lowest BCUT2D eigenvalue weighted by Crippen LogP contribution is -2.14. The van der Waals surface area contributed by atoms with E-state index in [1.807, 2.05) is 24.3 Å². The molecule has 0 aliphatic heterocycles. The molecular weight excluding hydrogens is 338 g/mol. The molecule has 5 nitrogen and oxygen atoms in total. The van der Waals surface area contributed by atoms with Gasteiger partial charge in [-0.1, -0.05) is 45.0 Å². The molecule has 2 N–H and O–H groups in total. The minimum absolute atomic E-state index is 0.00798. The summed E-state index contributed by atoms with van der Waals surface area (Å²) in [6, 6.07) is 10.6. The summed E-state index contributed by atoms with van der Waals surface area (Å²) in [7, 11) is 0. The number of hydrogen-bond acceptors (Lipinski definition) is 3. The quantitative estimate of drug-likeness (QED) is 0.735. The van der Waals surface area contributed by atoms with Gasteiger partial charge in [-0.25, -0.2) is 8.78 Å². The van der Waals surface area contributed by atoms with Crippen molar-refractivity contribution in [1.29, 1.82) is 0 Å². The lowest BCUT2D eigenvalue weighted by molar-refractivity contribution is 0.102. The number of anilines is 1. The van der Waals surface area contributed by atoms with E-state index in [1.54, 1.807) is 0 Å². The van der Waals surface area contributed by atoms with Crippen LogP contribution < -0.4 is 5.32 Å². The minimum atomic E-state index is -0.948. The van der Waals surface area contributed by atoms with Gasteiger partial charge in [-0.2, -0.15) is 4.98 Å². The molecule has 0 unspecified atom stereocenters. The fraction of sp³-hybridized carbons (Fsp3) is 0.211. The molecular formula is C19H18F2N4O. The van der Waals surface area contributed by atoms with Crippen molar-refractivity contribution in [2.45, 2.75) is 26.2 Å². The van der Waals surface area contributed by atoms with E-state index in [2.05, 4.69) is 41.3 Å². The van der Waals surface area contributed by atoms with Gasteiger partial charge in [0.15, 0.2) is 5.82 Å². The first-order chi connectivity index (χ1) is 12.2. The van der Waals surface area contributed by atoms with Gasteiger partial charge in [-0.05, 0) is 23.1 Å². The summed E-state index contributed by atoms with van der Waals surface area (Å²) in [6.07, 6.45) is 0. The maximum atomic E-state index is 13.7. The number of H-pyrrole nitrogens is 1. The first-order valence-electron chi connectivity index (χ1n) is 8.04. The molecule has 3 rings (SSSR count). The maximum absolute atomic E-state index is 13.7. The van der Waals surface area contributed by atoms with E-state index in [4.69, 9.17) is 0 Å². The topological polar surface area (TPSA) is 70.7 Å². The molecule has 0 radical (unpaired) electrons. The number of nitrogens with zero attached hydrogens (tertiary/aromatic N) is 2. The number of rotatable bonds is 3. The molecule has 0 bridgehead atoms. The Balaban J connectivity index is 1.76. The molecule has 3 aromatic rings. The van der Waals surface area contributed by atoms with E-state index in [1.165, 1.54) is 5.56 Å². The van der Waals surface area contributed by atoms with Crippen molar-refractivity contribution < 1.29 is 13.6 Å². The van der Waals surface area contributed by atoms with Crippen LogP contribution >= 0.6 is 0 Å². The van der Waals surface area contributed by atoms with E-state index >= 15 is 0 Å². The summed E-state index contributed by atoms with van der Waals surface area (Å²) in [5.41, 5.74) is 1.74. The largest absolute Gasteiger partial charge is 0.289 e. The predicted octanol–water partition coefficient (Wildman–Crippen LogP) is 4.30. The highest BCUT2D eigenvalue weighted by Gasteiger charge is 2.16. The number of hydrogen-bond donors (Lipinski definition) is 2. The van der Waals surface area contributed by atoms with Crippen LogP contribution in [0, 0.1) is 11.6 Å². The second-order valence-corrected chi connectivity index (χ2v) is 6.91. The zero-order chi connectivity index (χ0) is 18.9. The number of aromatic amines is 1. The third kappa shape index (κ3) is 3.77. The van der Waals surface area contributed by atoms with Crippen LogP contribution in [-0.2, 0) is 5.41 Å². The second kappa shape index (κ2) is 6.67. The van der Waals surface area contributed by atoms with Crippen molar-refractivity contribution >= 4 is 11.9 Å². The maximum Gasteiger partial charge on any atom is 0.261 e. The third-order valence-electron chi connectivity index (χ3n) is 3.91. The molecule has 1 amide bonds. The number of carbonyl (C=O) groups excluding carboxylic acids is 1. The highest BCUT2D eigenvalue weighted by Crippen LogP contribution is 2.25. The molecule has 0 atom stereocenters. The van der Waals surface area contributed by atoms with Gasteiger partial charge in [0.1, 0.15) is 11.6 Å². The second-order valence-electron chi connectivity index (χ2n) is 6.91.